The molecule has 1 aliphatic heterocycles. The van der Waals surface area contributed by atoms with Gasteiger partial charge in [-0.1, -0.05) is 42.5 Å². The number of thiophene rings is 1. The monoisotopic (exact) mass is 620 g/mol. The Bertz CT molecular complexity index is 1730. The maximum atomic E-state index is 12.7. The average Bonchev–Trinajstić information content (AvgIpc) is 3.82. The number of hydrogen-bond donors (Lipinski definition) is 1. The molecular formula is C36H36N4O4S. The fourth-order valence-corrected chi connectivity index (χ4v) is 6.97. The van der Waals surface area contributed by atoms with E-state index < -0.39 is 0 Å². The highest BCUT2D eigenvalue weighted by Crippen LogP contribution is 2.45. The lowest BCUT2D eigenvalue weighted by Crippen LogP contribution is -2.43. The zero-order chi connectivity index (χ0) is 30.8. The van der Waals surface area contributed by atoms with Crippen molar-refractivity contribution in [2.24, 2.45) is 0 Å². The number of nitrogens with one attached hydrogen (secondary N) is 1. The fourth-order valence-electron chi connectivity index (χ4n) is 6.33. The number of fused-ring (bicyclic) bond motifs is 3. The van der Waals surface area contributed by atoms with E-state index in [-0.39, 0.29) is 11.9 Å². The van der Waals surface area contributed by atoms with Gasteiger partial charge in [-0.2, -0.15) is 16.4 Å². The van der Waals surface area contributed by atoms with Crippen LogP contribution in [-0.2, 0) is 22.5 Å². The van der Waals surface area contributed by atoms with Gasteiger partial charge in [-0.15, -0.1) is 0 Å². The molecule has 0 radical (unpaired) electrons. The maximum Gasteiger partial charge on any atom is 0.234 e. The Kier molecular flexibility index (Phi) is 8.39. The minimum absolute atomic E-state index is 0.0397. The molecule has 7 rings (SSSR count). The number of morpholine rings is 1. The van der Waals surface area contributed by atoms with Crippen LogP contribution in [0.3, 0.4) is 0 Å². The van der Waals surface area contributed by atoms with Gasteiger partial charge in [0.25, 0.3) is 0 Å². The molecule has 0 saturated carbocycles. The van der Waals surface area contributed by atoms with E-state index in [9.17, 15) is 4.79 Å². The van der Waals surface area contributed by atoms with Crippen LogP contribution in [-0.4, -0.2) is 67.7 Å². The van der Waals surface area contributed by atoms with Gasteiger partial charge >= 0.3 is 0 Å². The number of carbonyl (C=O) groups excluding carboxylic acids is 1. The third-order valence-corrected chi connectivity index (χ3v) is 9.35. The van der Waals surface area contributed by atoms with Gasteiger partial charge in [0.15, 0.2) is 0 Å². The summed E-state index contributed by atoms with van der Waals surface area (Å²) in [7, 11) is 3.37. The summed E-state index contributed by atoms with van der Waals surface area (Å²) < 4.78 is 18.6. The molecule has 1 N–H and O–H groups in total. The van der Waals surface area contributed by atoms with E-state index in [2.05, 4.69) is 74.2 Å². The SMILES string of the molecule is COc1ccc(C(c2ccc(OC)cc2)n2nc(-c3ccsc3)c3c2-c2ccc(CNC(=O)CN4CCOCC4)cc2C3)cc1. The summed E-state index contributed by atoms with van der Waals surface area (Å²) in [6.07, 6.45) is 0.781. The van der Waals surface area contributed by atoms with Crippen LogP contribution in [0.4, 0.5) is 0 Å². The van der Waals surface area contributed by atoms with E-state index in [1.165, 1.54) is 16.7 Å². The van der Waals surface area contributed by atoms with E-state index in [4.69, 9.17) is 19.3 Å². The van der Waals surface area contributed by atoms with Crippen LogP contribution in [0, 0.1) is 0 Å². The van der Waals surface area contributed by atoms with Crippen LogP contribution in [0.2, 0.25) is 0 Å². The number of benzene rings is 3. The Morgan fingerprint density at radius 3 is 2.27 bits per heavy atom. The number of nitrogens with zero attached hydrogens (tertiary/aromatic N) is 3. The summed E-state index contributed by atoms with van der Waals surface area (Å²) in [6, 6.07) is 25.0. The zero-order valence-electron chi connectivity index (χ0n) is 25.5. The van der Waals surface area contributed by atoms with Gasteiger partial charge in [0.2, 0.25) is 5.91 Å². The lowest BCUT2D eigenvalue weighted by atomic mass is 9.97. The molecule has 45 heavy (non-hydrogen) atoms. The Balaban J connectivity index is 1.25. The number of carbonyl (C=O) groups is 1. The molecule has 1 amide bonds. The van der Waals surface area contributed by atoms with E-state index in [0.29, 0.717) is 26.3 Å². The molecule has 9 heteroatoms. The van der Waals surface area contributed by atoms with Crippen LogP contribution in [0.1, 0.15) is 33.9 Å². The Labute approximate surface area is 267 Å². The number of rotatable bonds is 10. The van der Waals surface area contributed by atoms with Gasteiger partial charge in [0.05, 0.1) is 45.4 Å². The molecule has 3 aromatic carbocycles. The predicted molar refractivity (Wildman–Crippen MR) is 176 cm³/mol. The number of methoxy groups -OCH3 is 2. The number of hydrogen-bond acceptors (Lipinski definition) is 7. The van der Waals surface area contributed by atoms with Crippen molar-refractivity contribution in [1.82, 2.24) is 20.0 Å². The van der Waals surface area contributed by atoms with Crippen molar-refractivity contribution in [3.05, 3.63) is 111 Å². The molecular weight excluding hydrogens is 584 g/mol. The summed E-state index contributed by atoms with van der Waals surface area (Å²) in [6.45, 7) is 3.85. The van der Waals surface area contributed by atoms with Crippen LogP contribution in [0.25, 0.3) is 22.5 Å². The van der Waals surface area contributed by atoms with Crippen molar-refractivity contribution in [3.63, 3.8) is 0 Å². The topological polar surface area (TPSA) is 77.8 Å². The molecule has 0 bridgehead atoms. The highest BCUT2D eigenvalue weighted by atomic mass is 32.1. The highest BCUT2D eigenvalue weighted by Gasteiger charge is 2.32. The van der Waals surface area contributed by atoms with Crippen molar-refractivity contribution < 1.29 is 19.0 Å². The molecule has 1 aliphatic carbocycles. The lowest BCUT2D eigenvalue weighted by molar-refractivity contribution is -0.123. The van der Waals surface area contributed by atoms with Crippen LogP contribution in [0.15, 0.2) is 83.6 Å². The summed E-state index contributed by atoms with van der Waals surface area (Å²) in [5, 5.41) is 12.7. The molecule has 8 nitrogen and oxygen atoms in total. The van der Waals surface area contributed by atoms with Crippen LogP contribution < -0.4 is 14.8 Å². The summed E-state index contributed by atoms with van der Waals surface area (Å²) in [5.41, 5.74) is 10.2. The summed E-state index contributed by atoms with van der Waals surface area (Å²) in [5.74, 6) is 1.66. The van der Waals surface area contributed by atoms with Gasteiger partial charge < -0.3 is 19.5 Å². The van der Waals surface area contributed by atoms with E-state index in [0.717, 1.165) is 64.7 Å². The molecule has 1 fully saturated rings. The Morgan fingerprint density at radius 1 is 0.956 bits per heavy atom. The molecule has 5 aromatic rings. The third kappa shape index (κ3) is 5.99. The largest absolute Gasteiger partial charge is 0.497 e. The quantitative estimate of drug-likeness (QED) is 0.209. The normalized spacial score (nSPS) is 14.3. The first-order chi connectivity index (χ1) is 22.1. The second-order valence-corrected chi connectivity index (χ2v) is 12.2. The summed E-state index contributed by atoms with van der Waals surface area (Å²) >= 11 is 1.68. The second-order valence-electron chi connectivity index (χ2n) is 11.4. The minimum atomic E-state index is -0.173. The third-order valence-electron chi connectivity index (χ3n) is 8.66. The number of aromatic nitrogens is 2. The number of ether oxygens (including phenoxy) is 3. The van der Waals surface area contributed by atoms with Gasteiger partial charge in [-0.3, -0.25) is 14.4 Å². The molecule has 2 aliphatic rings. The Hall–Kier alpha value is -4.44. The molecule has 1 saturated heterocycles. The van der Waals surface area contributed by atoms with Gasteiger partial charge in [0, 0.05) is 48.1 Å². The smallest absolute Gasteiger partial charge is 0.234 e. The molecule has 0 unspecified atom stereocenters. The molecule has 230 valence electrons. The van der Waals surface area contributed by atoms with Crippen molar-refractivity contribution in [1.29, 1.82) is 0 Å². The van der Waals surface area contributed by atoms with Gasteiger partial charge in [-0.25, -0.2) is 0 Å². The van der Waals surface area contributed by atoms with E-state index >= 15 is 0 Å². The van der Waals surface area contributed by atoms with Gasteiger partial charge in [0.1, 0.15) is 17.5 Å². The van der Waals surface area contributed by atoms with Crippen molar-refractivity contribution in [2.45, 2.75) is 19.0 Å². The molecule has 2 aromatic heterocycles. The van der Waals surface area contributed by atoms with Crippen molar-refractivity contribution in [2.75, 3.05) is 47.1 Å². The standard InChI is InChI=1S/C36H36N4O4S/c1-42-29-8-4-25(5-9-29)35(26-6-10-30(43-2)11-7-26)40-36-31-12-3-24(21-37-33(41)22-39-14-16-44-17-15-39)19-28(31)20-32(36)34(38-40)27-13-18-45-23-27/h3-13,18-19,23,35H,14-17,20-22H2,1-2H3,(H,37,41). The maximum absolute atomic E-state index is 12.7. The average molecular weight is 621 g/mol. The number of amides is 1. The predicted octanol–water partition coefficient (Wildman–Crippen LogP) is 5.79. The van der Waals surface area contributed by atoms with Crippen molar-refractivity contribution >= 4 is 17.2 Å². The molecule has 0 spiro atoms. The van der Waals surface area contributed by atoms with Crippen molar-refractivity contribution in [3.8, 4) is 34.0 Å². The van der Waals surface area contributed by atoms with E-state index in [1.807, 2.05) is 24.3 Å². The van der Waals surface area contributed by atoms with Gasteiger partial charge in [-0.05, 0) is 58.0 Å². The van der Waals surface area contributed by atoms with Crippen LogP contribution in [0.5, 0.6) is 11.5 Å². The van der Waals surface area contributed by atoms with E-state index in [1.54, 1.807) is 25.6 Å². The highest BCUT2D eigenvalue weighted by molar-refractivity contribution is 7.08. The minimum Gasteiger partial charge on any atom is -0.497 e. The van der Waals surface area contributed by atoms with Crippen LogP contribution >= 0.6 is 11.3 Å². The summed E-state index contributed by atoms with van der Waals surface area (Å²) in [4.78, 5) is 14.8. The molecule has 3 heterocycles. The zero-order valence-corrected chi connectivity index (χ0v) is 26.3. The Morgan fingerprint density at radius 2 is 1.64 bits per heavy atom. The first-order valence-corrected chi connectivity index (χ1v) is 16.2. The first kappa shape index (κ1) is 29.3. The molecule has 0 atom stereocenters. The fraction of sp³-hybridized carbons (Fsp3) is 0.278. The lowest BCUT2D eigenvalue weighted by Gasteiger charge is -2.25. The second kappa shape index (κ2) is 12.9. The first-order valence-electron chi connectivity index (χ1n) is 15.2.